The largest absolute Gasteiger partial charge is 0.481 e. The van der Waals surface area contributed by atoms with E-state index in [2.05, 4.69) is 6.58 Å². The van der Waals surface area contributed by atoms with E-state index in [0.717, 1.165) is 31.2 Å². The summed E-state index contributed by atoms with van der Waals surface area (Å²) in [6, 6.07) is 10.8. The molecule has 4 atom stereocenters. The van der Waals surface area contributed by atoms with E-state index < -0.39 is 45.1 Å². The highest BCUT2D eigenvalue weighted by atomic mass is 32.2. The lowest BCUT2D eigenvalue weighted by molar-refractivity contribution is -0.142. The summed E-state index contributed by atoms with van der Waals surface area (Å²) in [5, 5.41) is 9.91. The van der Waals surface area contributed by atoms with Gasteiger partial charge in [-0.1, -0.05) is 61.6 Å². The van der Waals surface area contributed by atoms with Crippen molar-refractivity contribution in [1.29, 1.82) is 0 Å². The van der Waals surface area contributed by atoms with Crippen LogP contribution in [0, 0.1) is 24.6 Å². The summed E-state index contributed by atoms with van der Waals surface area (Å²) < 4.78 is 44.1. The maximum absolute atomic E-state index is 14.3. The third-order valence-electron chi connectivity index (χ3n) is 7.20. The van der Waals surface area contributed by atoms with E-state index in [1.54, 1.807) is 36.4 Å². The minimum absolute atomic E-state index is 0.124. The maximum atomic E-state index is 14.3. The molecule has 2 aliphatic rings. The molecule has 2 aromatic carbocycles. The Hall–Kier alpha value is -2.16. The van der Waals surface area contributed by atoms with Gasteiger partial charge in [-0.15, -0.1) is 6.58 Å². The van der Waals surface area contributed by atoms with E-state index >= 15 is 0 Å². The summed E-state index contributed by atoms with van der Waals surface area (Å²) in [5.41, 5.74) is 1.29. The molecule has 2 fully saturated rings. The van der Waals surface area contributed by atoms with Crippen molar-refractivity contribution < 1.29 is 22.7 Å². The van der Waals surface area contributed by atoms with Crippen molar-refractivity contribution in [2.75, 3.05) is 5.75 Å². The number of hydrogen-bond acceptors (Lipinski definition) is 4. The molecule has 35 heavy (non-hydrogen) atoms. The monoisotopic (exact) mass is 517 g/mol. The van der Waals surface area contributed by atoms with Crippen molar-refractivity contribution in [2.24, 2.45) is 11.8 Å². The Kier molecular flexibility index (Phi) is 8.03. The van der Waals surface area contributed by atoms with Gasteiger partial charge in [0.05, 0.1) is 16.9 Å². The molecule has 1 N–H and O–H groups in total. The molecule has 5 nitrogen and oxygen atoms in total. The summed E-state index contributed by atoms with van der Waals surface area (Å²) in [4.78, 5) is 12.9. The second kappa shape index (κ2) is 10.8. The molecule has 1 heterocycles. The molecule has 2 unspecified atom stereocenters. The Morgan fingerprint density at radius 3 is 2.49 bits per heavy atom. The molecule has 1 saturated carbocycles. The van der Waals surface area contributed by atoms with Crippen LogP contribution >= 0.6 is 11.8 Å². The number of carbonyl (C=O) groups is 1. The van der Waals surface area contributed by atoms with Crippen LogP contribution < -0.4 is 0 Å². The molecule has 188 valence electrons. The molecule has 1 aliphatic heterocycles. The molecule has 1 aliphatic carbocycles. The van der Waals surface area contributed by atoms with Gasteiger partial charge in [-0.2, -0.15) is 16.1 Å². The minimum Gasteiger partial charge on any atom is -0.481 e. The molecule has 0 radical (unpaired) electrons. The second-order valence-electron chi connectivity index (χ2n) is 9.55. The number of carboxylic acids is 1. The number of aliphatic carboxylic acids is 1. The van der Waals surface area contributed by atoms with E-state index in [1.165, 1.54) is 34.3 Å². The number of sulfonamides is 1. The van der Waals surface area contributed by atoms with Crippen LogP contribution in [0.2, 0.25) is 0 Å². The molecule has 0 bridgehead atoms. The van der Waals surface area contributed by atoms with Crippen LogP contribution in [-0.2, 0) is 14.8 Å². The first kappa shape index (κ1) is 25.9. The first-order valence-electron chi connectivity index (χ1n) is 12.0. The van der Waals surface area contributed by atoms with Gasteiger partial charge in [0.15, 0.2) is 0 Å². The fourth-order valence-electron chi connectivity index (χ4n) is 5.63. The van der Waals surface area contributed by atoms with Crippen molar-refractivity contribution in [3.63, 3.8) is 0 Å². The van der Waals surface area contributed by atoms with Gasteiger partial charge in [0, 0.05) is 17.0 Å². The number of thioether (sulfide) groups is 1. The van der Waals surface area contributed by atoms with E-state index in [1.807, 2.05) is 6.92 Å². The molecule has 1 saturated heterocycles. The summed E-state index contributed by atoms with van der Waals surface area (Å²) in [6.45, 7) is 5.66. The number of nitrogens with zero attached hydrogens (tertiary/aromatic N) is 1. The van der Waals surface area contributed by atoms with Crippen LogP contribution in [0.25, 0.3) is 0 Å². The highest BCUT2D eigenvalue weighted by Crippen LogP contribution is 2.51. The Morgan fingerprint density at radius 2 is 1.89 bits per heavy atom. The number of halogens is 1. The third-order valence-corrected chi connectivity index (χ3v) is 10.5. The highest BCUT2D eigenvalue weighted by molar-refractivity contribution is 8.00. The predicted molar refractivity (Wildman–Crippen MR) is 137 cm³/mol. The zero-order valence-electron chi connectivity index (χ0n) is 19.8. The summed E-state index contributed by atoms with van der Waals surface area (Å²) in [7, 11) is -4.07. The molecule has 0 amide bonds. The maximum Gasteiger partial charge on any atom is 0.309 e. The van der Waals surface area contributed by atoms with Crippen LogP contribution in [0.5, 0.6) is 0 Å². The second-order valence-corrected chi connectivity index (χ2v) is 12.6. The lowest BCUT2D eigenvalue weighted by Gasteiger charge is -2.32. The van der Waals surface area contributed by atoms with E-state index in [9.17, 15) is 22.7 Å². The van der Waals surface area contributed by atoms with E-state index in [4.69, 9.17) is 0 Å². The molecule has 2 aromatic rings. The Bertz CT molecular complexity index is 1160. The average Bonchev–Trinajstić information content (AvgIpc) is 3.44. The van der Waals surface area contributed by atoms with Gasteiger partial charge in [-0.25, -0.2) is 12.8 Å². The first-order valence-corrected chi connectivity index (χ1v) is 14.5. The summed E-state index contributed by atoms with van der Waals surface area (Å²) in [6.07, 6.45) is 6.52. The Labute approximate surface area is 211 Å². The van der Waals surface area contributed by atoms with Crippen LogP contribution in [0.15, 0.2) is 66.1 Å². The normalized spacial score (nSPS) is 25.7. The SMILES string of the molecule is C=CCS[C@@H]1C(CC2CCCC2)N(S(=O)(=O)c2ccc(C)cc2)C(c2cccc(F)c2)[C@@H]1C(=O)O. The molecular weight excluding hydrogens is 485 g/mol. The van der Waals surface area contributed by atoms with Crippen LogP contribution in [0.3, 0.4) is 0 Å². The van der Waals surface area contributed by atoms with Crippen LogP contribution in [-0.4, -0.2) is 40.8 Å². The topological polar surface area (TPSA) is 74.7 Å². The smallest absolute Gasteiger partial charge is 0.309 e. The molecule has 4 rings (SSSR count). The fourth-order valence-corrected chi connectivity index (χ4v) is 8.85. The number of hydrogen-bond donors (Lipinski definition) is 1. The van der Waals surface area contributed by atoms with Crippen molar-refractivity contribution in [3.05, 3.63) is 78.1 Å². The molecular formula is C27H32FNO4S2. The lowest BCUT2D eigenvalue weighted by atomic mass is 9.91. The third kappa shape index (κ3) is 5.34. The predicted octanol–water partition coefficient (Wildman–Crippen LogP) is 5.82. The summed E-state index contributed by atoms with van der Waals surface area (Å²) in [5.74, 6) is -1.77. The standard InChI is InChI=1S/C27H32FNO4S2/c1-3-15-34-26-23(16-19-7-4-5-8-19)29(35(32,33)22-13-11-18(2)12-14-22)25(24(26)27(30)31)20-9-6-10-21(28)17-20/h3,6,9-14,17,19,23-26H,1,4-5,7-8,15-16H2,2H3,(H,30,31)/t23?,24-,25?,26+/m0/s1. The van der Waals surface area contributed by atoms with Crippen LogP contribution in [0.1, 0.15) is 49.3 Å². The number of rotatable bonds is 9. The van der Waals surface area contributed by atoms with Gasteiger partial charge in [-0.05, 0) is 49.1 Å². The highest BCUT2D eigenvalue weighted by Gasteiger charge is 2.57. The molecule has 0 spiro atoms. The lowest BCUT2D eigenvalue weighted by Crippen LogP contribution is -2.41. The zero-order valence-corrected chi connectivity index (χ0v) is 21.5. The zero-order chi connectivity index (χ0) is 25.2. The number of carboxylic acid groups (broad SMARTS) is 1. The van der Waals surface area contributed by atoms with Crippen LogP contribution in [0.4, 0.5) is 4.39 Å². The fraction of sp³-hybridized carbons (Fsp3) is 0.444. The van der Waals surface area contributed by atoms with Gasteiger partial charge in [0.25, 0.3) is 0 Å². The average molecular weight is 518 g/mol. The van der Waals surface area contributed by atoms with Gasteiger partial charge < -0.3 is 5.11 Å². The van der Waals surface area contributed by atoms with E-state index in [0.29, 0.717) is 23.7 Å². The van der Waals surface area contributed by atoms with Crippen molar-refractivity contribution in [2.45, 2.75) is 61.3 Å². The van der Waals surface area contributed by atoms with E-state index in [-0.39, 0.29) is 4.90 Å². The van der Waals surface area contributed by atoms with Crippen molar-refractivity contribution in [3.8, 4) is 0 Å². The summed E-state index contributed by atoms with van der Waals surface area (Å²) >= 11 is 1.43. The Balaban J connectivity index is 1.90. The van der Waals surface area contributed by atoms with Crippen molar-refractivity contribution >= 4 is 27.8 Å². The molecule has 0 aromatic heterocycles. The first-order chi connectivity index (χ1) is 16.7. The number of benzene rings is 2. The van der Waals surface area contributed by atoms with Gasteiger partial charge in [0.2, 0.25) is 10.0 Å². The number of aryl methyl sites for hydroxylation is 1. The van der Waals surface area contributed by atoms with Gasteiger partial charge >= 0.3 is 5.97 Å². The van der Waals surface area contributed by atoms with Gasteiger partial charge in [0.1, 0.15) is 5.82 Å². The minimum atomic E-state index is -4.07. The quantitative estimate of drug-likeness (QED) is 0.425. The Morgan fingerprint density at radius 1 is 1.20 bits per heavy atom. The van der Waals surface area contributed by atoms with Crippen molar-refractivity contribution in [1.82, 2.24) is 4.31 Å². The molecule has 8 heteroatoms. The van der Waals surface area contributed by atoms with Gasteiger partial charge in [-0.3, -0.25) is 4.79 Å².